The van der Waals surface area contributed by atoms with Gasteiger partial charge in [-0.3, -0.25) is 4.79 Å². The van der Waals surface area contributed by atoms with Crippen LogP contribution in [0.25, 0.3) is 11.0 Å². The molecule has 1 aromatic heterocycles. The fraction of sp³-hybridized carbons (Fsp3) is 0.0588. The molecule has 0 saturated heterocycles. The van der Waals surface area contributed by atoms with Crippen molar-refractivity contribution >= 4 is 16.9 Å². The minimum absolute atomic E-state index is 0.108. The van der Waals surface area contributed by atoms with Gasteiger partial charge in [0.1, 0.15) is 17.1 Å². The van der Waals surface area contributed by atoms with Crippen LogP contribution in [0.2, 0.25) is 0 Å². The molecule has 0 amide bonds. The molecule has 6 nitrogen and oxygen atoms in total. The molecule has 0 saturated carbocycles. The highest BCUT2D eigenvalue weighted by molar-refractivity contribution is 5.87. The Morgan fingerprint density at radius 3 is 2.31 bits per heavy atom. The van der Waals surface area contributed by atoms with Crippen LogP contribution in [0.3, 0.4) is 0 Å². The molecular formula is C17H9F3O6. The van der Waals surface area contributed by atoms with Gasteiger partial charge in [-0.15, -0.1) is 0 Å². The maximum atomic E-state index is 13.3. The van der Waals surface area contributed by atoms with Gasteiger partial charge in [0.05, 0.1) is 10.9 Å². The Labute approximate surface area is 142 Å². The third kappa shape index (κ3) is 3.18. The number of benzene rings is 2. The molecule has 0 bridgehead atoms. The number of carboxylic acids is 1. The fourth-order valence-electron chi connectivity index (χ4n) is 2.23. The van der Waals surface area contributed by atoms with Gasteiger partial charge in [-0.1, -0.05) is 0 Å². The smallest absolute Gasteiger partial charge is 0.453 e. The van der Waals surface area contributed by atoms with E-state index in [4.69, 9.17) is 14.3 Å². The van der Waals surface area contributed by atoms with Crippen molar-refractivity contribution in [2.24, 2.45) is 0 Å². The minimum Gasteiger partial charge on any atom is -0.508 e. The van der Waals surface area contributed by atoms with Crippen molar-refractivity contribution in [1.82, 2.24) is 0 Å². The van der Waals surface area contributed by atoms with E-state index in [0.717, 1.165) is 42.5 Å². The van der Waals surface area contributed by atoms with Crippen molar-refractivity contribution in [2.75, 3.05) is 0 Å². The zero-order chi connectivity index (χ0) is 19.1. The predicted octanol–water partition coefficient (Wildman–Crippen LogP) is 4.01. The van der Waals surface area contributed by atoms with Gasteiger partial charge in [0.25, 0.3) is 5.76 Å². The van der Waals surface area contributed by atoms with E-state index < -0.39 is 29.1 Å². The van der Waals surface area contributed by atoms with Crippen LogP contribution in [-0.4, -0.2) is 16.2 Å². The molecule has 2 N–H and O–H groups in total. The molecule has 0 aliphatic heterocycles. The Bertz CT molecular complexity index is 1050. The van der Waals surface area contributed by atoms with E-state index >= 15 is 0 Å². The Kier molecular flexibility index (Phi) is 4.07. The molecule has 0 fully saturated rings. The minimum atomic E-state index is -5.01. The van der Waals surface area contributed by atoms with Gasteiger partial charge in [0, 0.05) is 0 Å². The zero-order valence-corrected chi connectivity index (χ0v) is 12.7. The lowest BCUT2D eigenvalue weighted by molar-refractivity contribution is -0.154. The van der Waals surface area contributed by atoms with Crippen LogP contribution in [0.4, 0.5) is 13.2 Å². The molecule has 1 heterocycles. The number of phenols is 1. The number of hydrogen-bond donors (Lipinski definition) is 2. The highest BCUT2D eigenvalue weighted by Crippen LogP contribution is 2.38. The number of rotatable bonds is 3. The average molecular weight is 366 g/mol. The molecule has 9 heteroatoms. The highest BCUT2D eigenvalue weighted by Gasteiger charge is 2.40. The van der Waals surface area contributed by atoms with E-state index in [2.05, 4.69) is 0 Å². The fourth-order valence-corrected chi connectivity index (χ4v) is 2.23. The molecular weight excluding hydrogens is 357 g/mol. The van der Waals surface area contributed by atoms with Gasteiger partial charge < -0.3 is 19.4 Å². The van der Waals surface area contributed by atoms with Crippen molar-refractivity contribution in [2.45, 2.75) is 6.18 Å². The number of alkyl halides is 3. The number of aromatic carboxylic acids is 1. The lowest BCUT2D eigenvalue weighted by atomic mass is 10.2. The first-order valence-corrected chi connectivity index (χ1v) is 7.05. The van der Waals surface area contributed by atoms with Gasteiger partial charge in [-0.05, 0) is 42.5 Å². The summed E-state index contributed by atoms with van der Waals surface area (Å²) >= 11 is 0. The molecule has 0 unspecified atom stereocenters. The van der Waals surface area contributed by atoms with E-state index in [1.54, 1.807) is 0 Å². The van der Waals surface area contributed by atoms with Crippen LogP contribution in [0.1, 0.15) is 16.1 Å². The Balaban J connectivity index is 2.17. The number of hydrogen-bond acceptors (Lipinski definition) is 5. The van der Waals surface area contributed by atoms with Gasteiger partial charge in [-0.25, -0.2) is 4.79 Å². The summed E-state index contributed by atoms with van der Waals surface area (Å²) in [6.07, 6.45) is -5.01. The predicted molar refractivity (Wildman–Crippen MR) is 82.6 cm³/mol. The van der Waals surface area contributed by atoms with Crippen LogP contribution in [0.15, 0.2) is 51.7 Å². The van der Waals surface area contributed by atoms with E-state index in [9.17, 15) is 27.9 Å². The van der Waals surface area contributed by atoms with Crippen molar-refractivity contribution < 1.29 is 37.3 Å². The monoisotopic (exact) mass is 366 g/mol. The normalized spacial score (nSPS) is 11.5. The van der Waals surface area contributed by atoms with Crippen molar-refractivity contribution in [3.63, 3.8) is 0 Å². The average Bonchev–Trinajstić information content (AvgIpc) is 2.57. The SMILES string of the molecule is O=C(O)c1ccc(Oc2c(C(F)(F)F)oc3ccc(O)cc3c2=O)cc1. The molecule has 0 atom stereocenters. The highest BCUT2D eigenvalue weighted by atomic mass is 19.4. The number of halogens is 3. The first-order chi connectivity index (χ1) is 12.2. The molecule has 0 spiro atoms. The summed E-state index contributed by atoms with van der Waals surface area (Å²) in [6.45, 7) is 0. The summed E-state index contributed by atoms with van der Waals surface area (Å²) in [5, 5.41) is 18.0. The van der Waals surface area contributed by atoms with Gasteiger partial charge in [0.2, 0.25) is 11.2 Å². The number of carboxylic acid groups (broad SMARTS) is 1. The number of aromatic hydroxyl groups is 1. The standard InChI is InChI=1S/C17H9F3O6/c18-17(19,20)15-14(25-10-4-1-8(2-5-10)16(23)24)13(22)11-7-9(21)3-6-12(11)26-15/h1-7,21H,(H,23,24). The third-order valence-corrected chi connectivity index (χ3v) is 3.41. The van der Waals surface area contributed by atoms with Gasteiger partial charge in [-0.2, -0.15) is 13.2 Å². The molecule has 2 aromatic carbocycles. The van der Waals surface area contributed by atoms with E-state index in [0.29, 0.717) is 0 Å². The number of phenolic OH excluding ortho intramolecular Hbond substituents is 1. The van der Waals surface area contributed by atoms with Crippen molar-refractivity contribution in [3.05, 3.63) is 64.0 Å². The second kappa shape index (κ2) is 6.10. The zero-order valence-electron chi connectivity index (χ0n) is 12.7. The van der Waals surface area contributed by atoms with E-state index in [1.165, 1.54) is 0 Å². The van der Waals surface area contributed by atoms with Crippen LogP contribution in [0.5, 0.6) is 17.2 Å². The van der Waals surface area contributed by atoms with Crippen LogP contribution in [-0.2, 0) is 6.18 Å². The Morgan fingerprint density at radius 1 is 1.08 bits per heavy atom. The first kappa shape index (κ1) is 17.3. The number of ether oxygens (including phenoxy) is 1. The second-order valence-corrected chi connectivity index (χ2v) is 5.20. The van der Waals surface area contributed by atoms with Crippen LogP contribution < -0.4 is 10.2 Å². The molecule has 0 aliphatic rings. The summed E-state index contributed by atoms with van der Waals surface area (Å²) in [7, 11) is 0. The Hall–Kier alpha value is -3.49. The van der Waals surface area contributed by atoms with E-state index in [-0.39, 0.29) is 28.0 Å². The molecule has 3 aromatic rings. The summed E-state index contributed by atoms with van der Waals surface area (Å²) in [5.41, 5.74) is -1.60. The maximum absolute atomic E-state index is 13.3. The number of fused-ring (bicyclic) bond motifs is 1. The third-order valence-electron chi connectivity index (χ3n) is 3.41. The lowest BCUT2D eigenvalue weighted by Crippen LogP contribution is -2.15. The molecule has 0 aliphatic carbocycles. The molecule has 3 rings (SSSR count). The molecule has 26 heavy (non-hydrogen) atoms. The summed E-state index contributed by atoms with van der Waals surface area (Å²) in [5.74, 6) is -4.50. The first-order valence-electron chi connectivity index (χ1n) is 7.05. The summed E-state index contributed by atoms with van der Waals surface area (Å²) in [6, 6.07) is 7.51. The molecule has 134 valence electrons. The summed E-state index contributed by atoms with van der Waals surface area (Å²) < 4.78 is 49.6. The summed E-state index contributed by atoms with van der Waals surface area (Å²) in [4.78, 5) is 23.2. The second-order valence-electron chi connectivity index (χ2n) is 5.20. The topological polar surface area (TPSA) is 97.0 Å². The largest absolute Gasteiger partial charge is 0.508 e. The molecule has 0 radical (unpaired) electrons. The van der Waals surface area contributed by atoms with Crippen LogP contribution in [0, 0.1) is 0 Å². The lowest BCUT2D eigenvalue weighted by Gasteiger charge is -2.13. The van der Waals surface area contributed by atoms with Crippen molar-refractivity contribution in [3.8, 4) is 17.2 Å². The maximum Gasteiger partial charge on any atom is 0.453 e. The number of carbonyl (C=O) groups is 1. The van der Waals surface area contributed by atoms with Crippen LogP contribution >= 0.6 is 0 Å². The quantitative estimate of drug-likeness (QED) is 0.727. The van der Waals surface area contributed by atoms with Crippen molar-refractivity contribution in [1.29, 1.82) is 0 Å². The Morgan fingerprint density at radius 2 is 1.73 bits per heavy atom. The van der Waals surface area contributed by atoms with Gasteiger partial charge >= 0.3 is 12.1 Å². The van der Waals surface area contributed by atoms with E-state index in [1.807, 2.05) is 0 Å². The van der Waals surface area contributed by atoms with Gasteiger partial charge in [0.15, 0.2) is 0 Å².